The molecule has 2 aromatic rings. The summed E-state index contributed by atoms with van der Waals surface area (Å²) in [4.78, 5) is 28.4. The molecule has 0 unspecified atom stereocenters. The van der Waals surface area contributed by atoms with Crippen LogP contribution in [-0.4, -0.2) is 71.2 Å². The molecule has 1 aromatic carbocycles. The zero-order valence-electron chi connectivity index (χ0n) is 17.4. The zero-order valence-corrected chi connectivity index (χ0v) is 17.4. The van der Waals surface area contributed by atoms with Gasteiger partial charge in [0.1, 0.15) is 5.60 Å². The van der Waals surface area contributed by atoms with E-state index in [1.54, 1.807) is 4.90 Å². The molecular weight excluding hydrogens is 368 g/mol. The number of nitrogens with one attached hydrogen (secondary N) is 1. The maximum absolute atomic E-state index is 12.4. The number of rotatable bonds is 5. The van der Waals surface area contributed by atoms with Gasteiger partial charge in [-0.3, -0.25) is 9.69 Å². The molecule has 2 heterocycles. The second kappa shape index (κ2) is 9.13. The molecule has 1 aromatic heterocycles. The van der Waals surface area contributed by atoms with E-state index in [2.05, 4.69) is 10.2 Å². The third-order valence-electron chi connectivity index (χ3n) is 4.77. The summed E-state index contributed by atoms with van der Waals surface area (Å²) in [5, 5.41) is 2.97. The van der Waals surface area contributed by atoms with Crippen molar-refractivity contribution in [2.45, 2.75) is 26.4 Å². The van der Waals surface area contributed by atoms with E-state index in [0.29, 0.717) is 25.2 Å². The number of amides is 2. The molecule has 1 N–H and O–H groups in total. The van der Waals surface area contributed by atoms with Gasteiger partial charge in [0.15, 0.2) is 0 Å². The first-order chi connectivity index (χ1) is 13.8. The van der Waals surface area contributed by atoms with Crippen LogP contribution in [0.15, 0.2) is 48.8 Å². The highest BCUT2D eigenvalue weighted by atomic mass is 16.6. The number of benzene rings is 1. The van der Waals surface area contributed by atoms with Crippen molar-refractivity contribution >= 4 is 12.0 Å². The van der Waals surface area contributed by atoms with Gasteiger partial charge in [-0.25, -0.2) is 4.79 Å². The molecule has 0 saturated carbocycles. The fourth-order valence-corrected chi connectivity index (χ4v) is 3.20. The number of carbonyl (C=O) groups excluding carboxylic acids is 2. The minimum Gasteiger partial charge on any atom is -0.444 e. The SMILES string of the molecule is CC(C)(C)OC(=O)N1CCN(CCNC(=O)c2ccc(-n3cccc3)cc2)CC1. The summed E-state index contributed by atoms with van der Waals surface area (Å²) in [5.41, 5.74) is 1.20. The quantitative estimate of drug-likeness (QED) is 0.841. The molecule has 156 valence electrons. The van der Waals surface area contributed by atoms with Crippen LogP contribution in [-0.2, 0) is 4.74 Å². The Kier molecular flexibility index (Phi) is 6.59. The molecule has 0 bridgehead atoms. The summed E-state index contributed by atoms with van der Waals surface area (Å²) >= 11 is 0. The maximum atomic E-state index is 12.4. The van der Waals surface area contributed by atoms with Crippen molar-refractivity contribution in [1.82, 2.24) is 19.7 Å². The molecule has 3 rings (SSSR count). The average Bonchev–Trinajstić information content (AvgIpc) is 3.22. The highest BCUT2D eigenvalue weighted by molar-refractivity contribution is 5.94. The summed E-state index contributed by atoms with van der Waals surface area (Å²) < 4.78 is 7.41. The van der Waals surface area contributed by atoms with Gasteiger partial charge in [-0.1, -0.05) is 0 Å². The van der Waals surface area contributed by atoms with Gasteiger partial charge in [0.25, 0.3) is 5.91 Å². The largest absolute Gasteiger partial charge is 0.444 e. The van der Waals surface area contributed by atoms with Gasteiger partial charge in [-0.05, 0) is 57.2 Å². The molecule has 0 radical (unpaired) electrons. The Labute approximate surface area is 172 Å². The molecule has 7 nitrogen and oxygen atoms in total. The van der Waals surface area contributed by atoms with Crippen LogP contribution >= 0.6 is 0 Å². The lowest BCUT2D eigenvalue weighted by Gasteiger charge is -2.35. The molecule has 1 fully saturated rings. The van der Waals surface area contributed by atoms with E-state index >= 15 is 0 Å². The fraction of sp³-hybridized carbons (Fsp3) is 0.455. The molecule has 0 atom stereocenters. The van der Waals surface area contributed by atoms with Crippen LogP contribution in [0.4, 0.5) is 4.79 Å². The first kappa shape index (κ1) is 20.9. The lowest BCUT2D eigenvalue weighted by Crippen LogP contribution is -2.51. The number of ether oxygens (including phenoxy) is 1. The summed E-state index contributed by atoms with van der Waals surface area (Å²) in [6, 6.07) is 11.5. The predicted octanol–water partition coefficient (Wildman–Crippen LogP) is 2.76. The number of nitrogens with zero attached hydrogens (tertiary/aromatic N) is 3. The molecule has 1 saturated heterocycles. The molecular formula is C22H30N4O3. The van der Waals surface area contributed by atoms with E-state index < -0.39 is 5.60 Å². The van der Waals surface area contributed by atoms with Crippen molar-refractivity contribution in [3.05, 3.63) is 54.4 Å². The van der Waals surface area contributed by atoms with E-state index in [-0.39, 0.29) is 12.0 Å². The second-order valence-electron chi connectivity index (χ2n) is 8.20. The van der Waals surface area contributed by atoms with Crippen LogP contribution in [0.2, 0.25) is 0 Å². The van der Waals surface area contributed by atoms with Gasteiger partial charge in [0.05, 0.1) is 0 Å². The van der Waals surface area contributed by atoms with E-state index in [1.807, 2.05) is 74.1 Å². The Hall–Kier alpha value is -2.80. The first-order valence-electron chi connectivity index (χ1n) is 10.0. The van der Waals surface area contributed by atoms with Crippen LogP contribution < -0.4 is 5.32 Å². The Bertz CT molecular complexity index is 802. The third kappa shape index (κ3) is 6.09. The lowest BCUT2D eigenvalue weighted by atomic mass is 10.2. The second-order valence-corrected chi connectivity index (χ2v) is 8.20. The van der Waals surface area contributed by atoms with Crippen molar-refractivity contribution in [2.75, 3.05) is 39.3 Å². The van der Waals surface area contributed by atoms with Gasteiger partial charge in [-0.15, -0.1) is 0 Å². The molecule has 0 spiro atoms. The van der Waals surface area contributed by atoms with Gasteiger partial charge < -0.3 is 19.5 Å². The average molecular weight is 399 g/mol. The number of piperazine rings is 1. The number of aromatic nitrogens is 1. The highest BCUT2D eigenvalue weighted by Gasteiger charge is 2.25. The normalized spacial score (nSPS) is 15.2. The van der Waals surface area contributed by atoms with Crippen LogP contribution in [0.3, 0.4) is 0 Å². The monoisotopic (exact) mass is 398 g/mol. The van der Waals surface area contributed by atoms with Gasteiger partial charge in [0, 0.05) is 62.9 Å². The standard InChI is InChI=1S/C22H30N4O3/c1-22(2,3)29-21(28)26-16-14-24(15-17-26)13-10-23-20(27)18-6-8-19(9-7-18)25-11-4-5-12-25/h4-9,11-12H,10,13-17H2,1-3H3,(H,23,27). The smallest absolute Gasteiger partial charge is 0.410 e. The van der Waals surface area contributed by atoms with Crippen molar-refractivity contribution in [1.29, 1.82) is 0 Å². The maximum Gasteiger partial charge on any atom is 0.410 e. The number of hydrogen-bond donors (Lipinski definition) is 1. The van der Waals surface area contributed by atoms with Crippen molar-refractivity contribution in [2.24, 2.45) is 0 Å². The summed E-state index contributed by atoms with van der Waals surface area (Å²) in [6.07, 6.45) is 3.68. The molecule has 7 heteroatoms. The Morgan fingerprint density at radius 1 is 1.00 bits per heavy atom. The topological polar surface area (TPSA) is 66.8 Å². The van der Waals surface area contributed by atoms with E-state index in [4.69, 9.17) is 4.74 Å². The van der Waals surface area contributed by atoms with Crippen molar-refractivity contribution in [3.8, 4) is 5.69 Å². The summed E-state index contributed by atoms with van der Waals surface area (Å²) in [7, 11) is 0. The van der Waals surface area contributed by atoms with Crippen molar-refractivity contribution < 1.29 is 14.3 Å². The van der Waals surface area contributed by atoms with Gasteiger partial charge in [0.2, 0.25) is 0 Å². The molecule has 29 heavy (non-hydrogen) atoms. The van der Waals surface area contributed by atoms with Crippen LogP contribution in [0.25, 0.3) is 5.69 Å². The molecule has 1 aliphatic rings. The minimum absolute atomic E-state index is 0.0727. The molecule has 0 aliphatic carbocycles. The number of carbonyl (C=O) groups is 2. The summed E-state index contributed by atoms with van der Waals surface area (Å²) in [6.45, 7) is 9.79. The van der Waals surface area contributed by atoms with Crippen LogP contribution in [0.1, 0.15) is 31.1 Å². The fourth-order valence-electron chi connectivity index (χ4n) is 3.20. The van der Waals surface area contributed by atoms with Gasteiger partial charge >= 0.3 is 6.09 Å². The highest BCUT2D eigenvalue weighted by Crippen LogP contribution is 2.12. The number of hydrogen-bond acceptors (Lipinski definition) is 4. The van der Waals surface area contributed by atoms with Crippen molar-refractivity contribution in [3.63, 3.8) is 0 Å². The minimum atomic E-state index is -0.474. The third-order valence-corrected chi connectivity index (χ3v) is 4.77. The molecule has 1 aliphatic heterocycles. The van der Waals surface area contributed by atoms with E-state index in [0.717, 1.165) is 25.3 Å². The van der Waals surface area contributed by atoms with Crippen LogP contribution in [0.5, 0.6) is 0 Å². The van der Waals surface area contributed by atoms with Crippen LogP contribution in [0, 0.1) is 0 Å². The zero-order chi connectivity index (χ0) is 20.9. The lowest BCUT2D eigenvalue weighted by molar-refractivity contribution is 0.0147. The first-order valence-corrected chi connectivity index (χ1v) is 10.0. The molecule has 2 amide bonds. The van der Waals surface area contributed by atoms with E-state index in [9.17, 15) is 9.59 Å². The Morgan fingerprint density at radius 3 is 2.21 bits per heavy atom. The van der Waals surface area contributed by atoms with Gasteiger partial charge in [-0.2, -0.15) is 0 Å². The Balaban J connectivity index is 1.38. The predicted molar refractivity (Wildman–Crippen MR) is 112 cm³/mol. The van der Waals surface area contributed by atoms with E-state index in [1.165, 1.54) is 0 Å². The Morgan fingerprint density at radius 2 is 1.62 bits per heavy atom. The summed E-state index contributed by atoms with van der Waals surface area (Å²) in [5.74, 6) is -0.0727.